The minimum absolute atomic E-state index is 0.693. The van der Waals surface area contributed by atoms with Gasteiger partial charge in [-0.25, -0.2) is 0 Å². The van der Waals surface area contributed by atoms with E-state index in [2.05, 4.69) is 23.7 Å². The van der Waals surface area contributed by atoms with Crippen molar-refractivity contribution in [2.45, 2.75) is 6.92 Å². The van der Waals surface area contributed by atoms with E-state index >= 15 is 0 Å². The minimum Gasteiger partial charge on any atom is -0.398 e. The van der Waals surface area contributed by atoms with E-state index in [9.17, 15) is 0 Å². The van der Waals surface area contributed by atoms with Crippen LogP contribution in [0.5, 0.6) is 0 Å². The summed E-state index contributed by atoms with van der Waals surface area (Å²) in [5, 5.41) is 4.21. The van der Waals surface area contributed by atoms with Crippen LogP contribution >= 0.6 is 0 Å². The molecule has 0 aromatic heterocycles. The van der Waals surface area contributed by atoms with Crippen LogP contribution in [0.1, 0.15) is 12.5 Å². The minimum atomic E-state index is 0.693. The molecule has 0 saturated carbocycles. The van der Waals surface area contributed by atoms with Crippen molar-refractivity contribution in [1.82, 2.24) is 5.43 Å². The van der Waals surface area contributed by atoms with E-state index in [0.717, 1.165) is 11.3 Å². The molecule has 0 aliphatic carbocycles. The predicted octanol–water partition coefficient (Wildman–Crippen LogP) is 2.84. The lowest BCUT2D eigenvalue weighted by Gasteiger charge is -2.05. The van der Waals surface area contributed by atoms with Crippen molar-refractivity contribution >= 4 is 11.4 Å². The van der Waals surface area contributed by atoms with Gasteiger partial charge in [-0.15, -0.1) is 0 Å². The highest BCUT2D eigenvalue weighted by Gasteiger charge is 2.00. The zero-order valence-corrected chi connectivity index (χ0v) is 9.98. The van der Waals surface area contributed by atoms with E-state index in [0.29, 0.717) is 11.4 Å². The zero-order valence-electron chi connectivity index (χ0n) is 9.98. The van der Waals surface area contributed by atoms with Gasteiger partial charge in [-0.1, -0.05) is 43.5 Å². The van der Waals surface area contributed by atoms with Gasteiger partial charge >= 0.3 is 0 Å². The summed E-state index contributed by atoms with van der Waals surface area (Å²) in [7, 11) is 0. The molecule has 0 radical (unpaired) electrons. The van der Waals surface area contributed by atoms with Crippen molar-refractivity contribution in [3.63, 3.8) is 0 Å². The number of benzene rings is 1. The number of allylic oxidation sites excluding steroid dienone is 3. The van der Waals surface area contributed by atoms with Gasteiger partial charge in [-0.3, -0.25) is 5.43 Å². The summed E-state index contributed by atoms with van der Waals surface area (Å²) < 4.78 is 0. The monoisotopic (exact) mass is 227 g/mol. The van der Waals surface area contributed by atoms with E-state index in [1.165, 1.54) is 0 Å². The first-order valence-corrected chi connectivity index (χ1v) is 5.28. The van der Waals surface area contributed by atoms with Crippen molar-refractivity contribution in [2.75, 3.05) is 5.73 Å². The van der Waals surface area contributed by atoms with Crippen LogP contribution in [0, 0.1) is 0 Å². The molecule has 0 saturated heterocycles. The molecule has 1 aromatic rings. The molecule has 0 aliphatic heterocycles. The third-order valence-corrected chi connectivity index (χ3v) is 2.15. The number of rotatable bonds is 5. The number of hydrogen-bond acceptors (Lipinski definition) is 3. The Labute approximate surface area is 102 Å². The lowest BCUT2D eigenvalue weighted by atomic mass is 10.1. The van der Waals surface area contributed by atoms with Crippen molar-refractivity contribution in [3.8, 4) is 0 Å². The van der Waals surface area contributed by atoms with Gasteiger partial charge in [0.05, 0.1) is 5.71 Å². The summed E-state index contributed by atoms with van der Waals surface area (Å²) in [6.07, 6.45) is 5.26. The van der Waals surface area contributed by atoms with Crippen LogP contribution in [0.2, 0.25) is 0 Å². The van der Waals surface area contributed by atoms with Gasteiger partial charge in [0.15, 0.2) is 0 Å². The van der Waals surface area contributed by atoms with E-state index in [1.54, 1.807) is 18.2 Å². The van der Waals surface area contributed by atoms with E-state index in [4.69, 9.17) is 5.73 Å². The smallest absolute Gasteiger partial charge is 0.0669 e. The molecule has 88 valence electrons. The number of hydrogen-bond donors (Lipinski definition) is 2. The highest BCUT2D eigenvalue weighted by atomic mass is 15.3. The fourth-order valence-corrected chi connectivity index (χ4v) is 1.26. The summed E-state index contributed by atoms with van der Waals surface area (Å²) in [5.41, 5.74) is 11.8. The van der Waals surface area contributed by atoms with Gasteiger partial charge in [0.1, 0.15) is 0 Å². The number of nitrogens with one attached hydrogen (secondary N) is 1. The molecule has 17 heavy (non-hydrogen) atoms. The Kier molecular flexibility index (Phi) is 4.76. The highest BCUT2D eigenvalue weighted by molar-refractivity contribution is 6.02. The number of anilines is 1. The van der Waals surface area contributed by atoms with Crippen LogP contribution in [-0.2, 0) is 0 Å². The summed E-state index contributed by atoms with van der Waals surface area (Å²) in [4.78, 5) is 0. The van der Waals surface area contributed by atoms with Crippen LogP contribution in [0.4, 0.5) is 5.69 Å². The van der Waals surface area contributed by atoms with Crippen molar-refractivity contribution in [1.29, 1.82) is 0 Å². The van der Waals surface area contributed by atoms with Gasteiger partial charge in [-0.05, 0) is 19.1 Å². The van der Waals surface area contributed by atoms with Crippen LogP contribution in [0.3, 0.4) is 0 Å². The van der Waals surface area contributed by atoms with Crippen molar-refractivity contribution < 1.29 is 0 Å². The van der Waals surface area contributed by atoms with E-state index < -0.39 is 0 Å². The van der Waals surface area contributed by atoms with Crippen LogP contribution in [-0.4, -0.2) is 5.71 Å². The van der Waals surface area contributed by atoms with Gasteiger partial charge in [0.25, 0.3) is 0 Å². The number of hydrazone groups is 1. The molecule has 0 unspecified atom stereocenters. The van der Waals surface area contributed by atoms with Crippen molar-refractivity contribution in [2.24, 2.45) is 5.10 Å². The first kappa shape index (κ1) is 12.8. The molecule has 1 rings (SSSR count). The molecule has 3 heteroatoms. The maximum atomic E-state index is 5.85. The van der Waals surface area contributed by atoms with Crippen LogP contribution in [0.25, 0.3) is 0 Å². The SMILES string of the molecule is C=C/C=C\C(=C)N/N=C(\C)c1ccccc1N. The molecular formula is C14H17N3. The second-order valence-electron chi connectivity index (χ2n) is 3.52. The quantitative estimate of drug-likeness (QED) is 0.352. The number of nitrogens with two attached hydrogens (primary N) is 1. The van der Waals surface area contributed by atoms with Gasteiger partial charge < -0.3 is 5.73 Å². The first-order valence-electron chi connectivity index (χ1n) is 5.28. The number of para-hydroxylation sites is 1. The largest absolute Gasteiger partial charge is 0.398 e. The first-order chi connectivity index (χ1) is 8.15. The molecule has 0 bridgehead atoms. The molecule has 0 aliphatic rings. The molecule has 0 spiro atoms. The molecule has 1 aromatic carbocycles. The Balaban J connectivity index is 2.74. The van der Waals surface area contributed by atoms with Crippen LogP contribution in [0.15, 0.2) is 66.4 Å². The number of nitrogens with zero attached hydrogens (tertiary/aromatic N) is 1. The molecule has 3 nitrogen and oxygen atoms in total. The third kappa shape index (κ3) is 3.99. The zero-order chi connectivity index (χ0) is 12.7. The molecular weight excluding hydrogens is 210 g/mol. The molecule has 0 amide bonds. The molecule has 0 fully saturated rings. The van der Waals surface area contributed by atoms with Crippen LogP contribution < -0.4 is 11.2 Å². The average molecular weight is 227 g/mol. The standard InChI is InChI=1S/C14H17N3/c1-4-5-8-11(2)16-17-12(3)13-9-6-7-10-14(13)15/h4-10,16H,1-2,15H2,3H3/b8-5-,17-12+. The maximum Gasteiger partial charge on any atom is 0.0669 e. The van der Waals surface area contributed by atoms with Crippen molar-refractivity contribution in [3.05, 3.63) is 66.9 Å². The second-order valence-corrected chi connectivity index (χ2v) is 3.52. The van der Waals surface area contributed by atoms with Gasteiger partial charge in [0.2, 0.25) is 0 Å². The average Bonchev–Trinajstić information content (AvgIpc) is 2.34. The van der Waals surface area contributed by atoms with Gasteiger partial charge in [-0.2, -0.15) is 5.10 Å². The Hall–Kier alpha value is -2.29. The predicted molar refractivity (Wildman–Crippen MR) is 74.7 cm³/mol. The Morgan fingerprint density at radius 2 is 2.12 bits per heavy atom. The van der Waals surface area contributed by atoms with E-state index in [-0.39, 0.29) is 0 Å². The number of nitrogen functional groups attached to an aromatic ring is 1. The van der Waals surface area contributed by atoms with E-state index in [1.807, 2.05) is 31.2 Å². The fourth-order valence-electron chi connectivity index (χ4n) is 1.26. The third-order valence-electron chi connectivity index (χ3n) is 2.15. The lowest BCUT2D eigenvalue weighted by Crippen LogP contribution is -2.08. The topological polar surface area (TPSA) is 50.4 Å². The summed E-state index contributed by atoms with van der Waals surface area (Å²) >= 11 is 0. The molecule has 0 atom stereocenters. The second kappa shape index (κ2) is 6.33. The summed E-state index contributed by atoms with van der Waals surface area (Å²) in [6.45, 7) is 9.27. The summed E-state index contributed by atoms with van der Waals surface area (Å²) in [5.74, 6) is 0. The summed E-state index contributed by atoms with van der Waals surface area (Å²) in [6, 6.07) is 7.60. The molecule has 3 N–H and O–H groups in total. The Bertz CT molecular complexity index is 470. The Morgan fingerprint density at radius 1 is 1.41 bits per heavy atom. The highest BCUT2D eigenvalue weighted by Crippen LogP contribution is 2.11. The maximum absolute atomic E-state index is 5.85. The Morgan fingerprint density at radius 3 is 2.76 bits per heavy atom. The molecule has 0 heterocycles. The lowest BCUT2D eigenvalue weighted by molar-refractivity contribution is 0.921. The normalized spacial score (nSPS) is 11.5. The fraction of sp³-hybridized carbons (Fsp3) is 0.0714. The van der Waals surface area contributed by atoms with Gasteiger partial charge in [0, 0.05) is 16.9 Å².